The summed E-state index contributed by atoms with van der Waals surface area (Å²) in [7, 11) is 0. The van der Waals surface area contributed by atoms with E-state index in [2.05, 4.69) is 15.6 Å². The average Bonchev–Trinajstić information content (AvgIpc) is 3.50. The number of ether oxygens (including phenoxy) is 1. The molecule has 2 amide bonds. The van der Waals surface area contributed by atoms with Crippen LogP contribution < -0.4 is 15.4 Å². The molecule has 3 aromatic rings. The summed E-state index contributed by atoms with van der Waals surface area (Å²) in [5.41, 5.74) is 1.50. The van der Waals surface area contributed by atoms with Gasteiger partial charge in [0.05, 0.1) is 11.4 Å². The second-order valence-corrected chi connectivity index (χ2v) is 7.72. The lowest BCUT2D eigenvalue weighted by Crippen LogP contribution is -2.40. The summed E-state index contributed by atoms with van der Waals surface area (Å²) in [6.07, 6.45) is 6.13. The van der Waals surface area contributed by atoms with E-state index in [9.17, 15) is 14.4 Å². The molecule has 1 fully saturated rings. The summed E-state index contributed by atoms with van der Waals surface area (Å²) in [6.45, 7) is 0. The SMILES string of the molecule is O=C(NC1=NC=CC(c2ccc3c(ccn3C(=O)NC3CC3)c2)C1=O)Oc1ccccc1. The number of nitrogens with one attached hydrogen (secondary N) is 2. The van der Waals surface area contributed by atoms with Crippen molar-refractivity contribution in [2.45, 2.75) is 24.8 Å². The van der Waals surface area contributed by atoms with Gasteiger partial charge in [-0.25, -0.2) is 14.6 Å². The Morgan fingerprint density at radius 1 is 1.06 bits per heavy atom. The van der Waals surface area contributed by atoms with Crippen LogP contribution in [0.3, 0.4) is 0 Å². The molecule has 8 heteroatoms. The quantitative estimate of drug-likeness (QED) is 0.664. The van der Waals surface area contributed by atoms with Crippen molar-refractivity contribution in [1.29, 1.82) is 0 Å². The number of para-hydroxylation sites is 1. The highest BCUT2D eigenvalue weighted by Gasteiger charge is 2.28. The van der Waals surface area contributed by atoms with Crippen LogP contribution in [-0.2, 0) is 4.79 Å². The standard InChI is InChI=1S/C24H20N4O4/c29-21-19(10-12-25-22(21)27-24(31)32-18-4-2-1-3-5-18)15-6-9-20-16(14-15)11-13-28(20)23(30)26-17-7-8-17/h1-6,9-14,17,19H,7-8H2,(H,26,30)(H,25,27,31). The molecule has 8 nitrogen and oxygen atoms in total. The number of benzene rings is 2. The third kappa shape index (κ3) is 4.02. The van der Waals surface area contributed by atoms with E-state index in [1.54, 1.807) is 53.2 Å². The number of hydrogen-bond acceptors (Lipinski definition) is 5. The largest absolute Gasteiger partial charge is 0.418 e. The van der Waals surface area contributed by atoms with Gasteiger partial charge in [0, 0.05) is 23.8 Å². The number of ketones is 1. The normalized spacial score (nSPS) is 17.7. The number of amidine groups is 1. The molecule has 0 bridgehead atoms. The van der Waals surface area contributed by atoms with Gasteiger partial charge >= 0.3 is 12.1 Å². The van der Waals surface area contributed by atoms with Gasteiger partial charge in [-0.05, 0) is 48.7 Å². The van der Waals surface area contributed by atoms with Gasteiger partial charge < -0.3 is 10.1 Å². The van der Waals surface area contributed by atoms with Gasteiger partial charge in [0.25, 0.3) is 0 Å². The molecular weight excluding hydrogens is 408 g/mol. The first-order valence-corrected chi connectivity index (χ1v) is 10.3. The highest BCUT2D eigenvalue weighted by Crippen LogP contribution is 2.27. The van der Waals surface area contributed by atoms with Crippen molar-refractivity contribution in [2.75, 3.05) is 0 Å². The van der Waals surface area contributed by atoms with E-state index >= 15 is 0 Å². The topological polar surface area (TPSA) is 102 Å². The highest BCUT2D eigenvalue weighted by atomic mass is 16.6. The molecule has 1 aliphatic heterocycles. The van der Waals surface area contributed by atoms with Crippen LogP contribution in [-0.4, -0.2) is 34.4 Å². The zero-order valence-electron chi connectivity index (χ0n) is 17.0. The first kappa shape index (κ1) is 19.7. The molecule has 0 saturated heterocycles. The Balaban J connectivity index is 1.31. The second-order valence-electron chi connectivity index (χ2n) is 7.72. The molecule has 32 heavy (non-hydrogen) atoms. The maximum Gasteiger partial charge on any atom is 0.418 e. The monoisotopic (exact) mass is 428 g/mol. The zero-order chi connectivity index (χ0) is 22.1. The number of hydrogen-bond donors (Lipinski definition) is 2. The number of allylic oxidation sites excluding steroid dienone is 1. The lowest BCUT2D eigenvalue weighted by Gasteiger charge is -2.17. The molecule has 0 spiro atoms. The molecule has 0 radical (unpaired) electrons. The Bertz CT molecular complexity index is 1270. The summed E-state index contributed by atoms with van der Waals surface area (Å²) >= 11 is 0. The summed E-state index contributed by atoms with van der Waals surface area (Å²) in [4.78, 5) is 41.5. The van der Waals surface area contributed by atoms with Crippen LogP contribution in [0.5, 0.6) is 5.75 Å². The van der Waals surface area contributed by atoms with Crippen molar-refractivity contribution < 1.29 is 19.1 Å². The number of carbonyl (C=O) groups is 3. The number of carbonyl (C=O) groups excluding carboxylic acids is 3. The molecule has 2 aliphatic rings. The van der Waals surface area contributed by atoms with Crippen LogP contribution in [0.15, 0.2) is 78.1 Å². The smallest absolute Gasteiger partial charge is 0.410 e. The van der Waals surface area contributed by atoms with E-state index in [0.29, 0.717) is 5.75 Å². The molecule has 160 valence electrons. The fourth-order valence-electron chi connectivity index (χ4n) is 3.58. The Labute approximate surface area is 183 Å². The van der Waals surface area contributed by atoms with E-state index in [1.807, 2.05) is 18.2 Å². The summed E-state index contributed by atoms with van der Waals surface area (Å²) in [5.74, 6) is -0.670. The van der Waals surface area contributed by atoms with Crippen molar-refractivity contribution in [1.82, 2.24) is 15.2 Å². The first-order chi connectivity index (χ1) is 15.6. The zero-order valence-corrected chi connectivity index (χ0v) is 17.0. The highest BCUT2D eigenvalue weighted by molar-refractivity contribution is 6.44. The van der Waals surface area contributed by atoms with Crippen LogP contribution in [0.1, 0.15) is 24.3 Å². The van der Waals surface area contributed by atoms with E-state index in [1.165, 1.54) is 6.20 Å². The van der Waals surface area contributed by atoms with Crippen LogP contribution in [0.25, 0.3) is 10.9 Å². The molecule has 2 aromatic carbocycles. The van der Waals surface area contributed by atoms with Gasteiger partial charge in [-0.1, -0.05) is 30.3 Å². The van der Waals surface area contributed by atoms with Gasteiger partial charge in [-0.15, -0.1) is 0 Å². The lowest BCUT2D eigenvalue weighted by molar-refractivity contribution is -0.113. The molecule has 5 rings (SSSR count). The van der Waals surface area contributed by atoms with Gasteiger partial charge in [0.1, 0.15) is 5.75 Å². The third-order valence-electron chi connectivity index (χ3n) is 5.37. The first-order valence-electron chi connectivity index (χ1n) is 10.3. The predicted octanol–water partition coefficient (Wildman–Crippen LogP) is 3.73. The minimum absolute atomic E-state index is 0.0834. The Morgan fingerprint density at radius 3 is 2.66 bits per heavy atom. The lowest BCUT2D eigenvalue weighted by atomic mass is 9.92. The Kier molecular flexibility index (Phi) is 5.03. The van der Waals surface area contributed by atoms with Crippen LogP contribution in [0.4, 0.5) is 9.59 Å². The van der Waals surface area contributed by atoms with Crippen molar-refractivity contribution >= 4 is 34.6 Å². The average molecular weight is 428 g/mol. The van der Waals surface area contributed by atoms with E-state index < -0.39 is 12.0 Å². The molecule has 1 aliphatic carbocycles. The number of aromatic nitrogens is 1. The van der Waals surface area contributed by atoms with Crippen molar-refractivity contribution in [3.8, 4) is 5.75 Å². The summed E-state index contributed by atoms with van der Waals surface area (Å²) in [6, 6.07) is 16.0. The Hall–Kier alpha value is -4.20. The molecule has 1 saturated carbocycles. The fourth-order valence-corrected chi connectivity index (χ4v) is 3.58. The summed E-state index contributed by atoms with van der Waals surface area (Å²) in [5, 5.41) is 6.24. The van der Waals surface area contributed by atoms with Crippen LogP contribution in [0.2, 0.25) is 0 Å². The van der Waals surface area contributed by atoms with E-state index in [0.717, 1.165) is 29.3 Å². The number of rotatable bonds is 3. The molecule has 1 atom stereocenters. The number of nitrogens with zero attached hydrogens (tertiary/aromatic N) is 2. The molecule has 1 aromatic heterocycles. The summed E-state index contributed by atoms with van der Waals surface area (Å²) < 4.78 is 6.75. The number of aliphatic imine (C=N–C) groups is 1. The fraction of sp³-hybridized carbons (Fsp3) is 0.167. The number of amides is 2. The van der Waals surface area contributed by atoms with Crippen LogP contribution in [0, 0.1) is 0 Å². The van der Waals surface area contributed by atoms with Crippen LogP contribution >= 0.6 is 0 Å². The van der Waals surface area contributed by atoms with Gasteiger partial charge in [0.2, 0.25) is 5.78 Å². The predicted molar refractivity (Wildman–Crippen MR) is 119 cm³/mol. The molecular formula is C24H20N4O4. The second kappa shape index (κ2) is 8.14. The van der Waals surface area contributed by atoms with Crippen molar-refractivity contribution in [3.05, 3.63) is 78.6 Å². The minimum Gasteiger partial charge on any atom is -0.410 e. The van der Waals surface area contributed by atoms with E-state index in [-0.39, 0.29) is 23.7 Å². The number of Topliss-reactive ketones (excluding diaryl/α,β-unsaturated/α-hetero) is 1. The van der Waals surface area contributed by atoms with Gasteiger partial charge in [-0.2, -0.15) is 0 Å². The van der Waals surface area contributed by atoms with Gasteiger partial charge in [-0.3, -0.25) is 14.7 Å². The van der Waals surface area contributed by atoms with Gasteiger partial charge in [0.15, 0.2) is 5.84 Å². The molecule has 2 N–H and O–H groups in total. The third-order valence-corrected chi connectivity index (χ3v) is 5.37. The van der Waals surface area contributed by atoms with E-state index in [4.69, 9.17) is 4.74 Å². The molecule has 2 heterocycles. The van der Waals surface area contributed by atoms with Crippen molar-refractivity contribution in [3.63, 3.8) is 0 Å². The maximum atomic E-state index is 13.0. The van der Waals surface area contributed by atoms with Crippen molar-refractivity contribution in [2.24, 2.45) is 4.99 Å². The number of fused-ring (bicyclic) bond motifs is 1. The Morgan fingerprint density at radius 2 is 1.88 bits per heavy atom. The maximum absolute atomic E-state index is 13.0. The minimum atomic E-state index is -0.786. The molecule has 1 unspecified atom stereocenters.